The van der Waals surface area contributed by atoms with Crippen LogP contribution in [0.15, 0.2) is 36.5 Å². The van der Waals surface area contributed by atoms with Gasteiger partial charge in [0.05, 0.1) is 18.9 Å². The number of hydrogen-bond donors (Lipinski definition) is 1. The molecule has 1 amide bonds. The van der Waals surface area contributed by atoms with Crippen LogP contribution in [0.1, 0.15) is 17.4 Å². The average Bonchev–Trinajstić information content (AvgIpc) is 3.06. The molecule has 0 radical (unpaired) electrons. The largest absolute Gasteiger partial charge is 0.379 e. The second-order valence-electron chi connectivity index (χ2n) is 5.91. The molecule has 1 aliphatic rings. The van der Waals surface area contributed by atoms with Gasteiger partial charge in [-0.3, -0.25) is 9.69 Å². The summed E-state index contributed by atoms with van der Waals surface area (Å²) in [5.41, 5.74) is 1.05. The fraction of sp³-hybridized carbons (Fsp3) is 0.412. The van der Waals surface area contributed by atoms with Crippen LogP contribution in [0.2, 0.25) is 0 Å². The van der Waals surface area contributed by atoms with E-state index in [1.54, 1.807) is 29.1 Å². The molecule has 6 nitrogen and oxygen atoms in total. The third-order valence-corrected chi connectivity index (χ3v) is 3.93. The lowest BCUT2D eigenvalue weighted by Gasteiger charge is -2.29. The first kappa shape index (κ1) is 16.6. The number of nitrogens with one attached hydrogen (secondary N) is 1. The molecule has 7 heteroatoms. The fourth-order valence-electron chi connectivity index (χ4n) is 2.70. The predicted molar refractivity (Wildman–Crippen MR) is 87.7 cm³/mol. The second kappa shape index (κ2) is 7.55. The molecule has 2 heterocycles. The molecule has 1 atom stereocenters. The molecule has 0 saturated carbocycles. The molecular weight excluding hydrogens is 311 g/mol. The lowest BCUT2D eigenvalue weighted by molar-refractivity contribution is 0.0342. The fourth-order valence-corrected chi connectivity index (χ4v) is 2.70. The molecular formula is C17H21FN4O2. The molecule has 0 aliphatic carbocycles. The first-order valence-corrected chi connectivity index (χ1v) is 8.04. The number of rotatable bonds is 5. The Kier molecular flexibility index (Phi) is 5.22. The Morgan fingerprint density at radius 1 is 1.29 bits per heavy atom. The van der Waals surface area contributed by atoms with E-state index in [0.29, 0.717) is 11.4 Å². The van der Waals surface area contributed by atoms with Crippen molar-refractivity contribution in [3.05, 3.63) is 48.0 Å². The Hall–Kier alpha value is -2.25. The van der Waals surface area contributed by atoms with Gasteiger partial charge in [0, 0.05) is 31.9 Å². The van der Waals surface area contributed by atoms with E-state index in [4.69, 9.17) is 4.74 Å². The summed E-state index contributed by atoms with van der Waals surface area (Å²) in [4.78, 5) is 14.6. The zero-order valence-electron chi connectivity index (χ0n) is 13.6. The molecule has 1 aromatic carbocycles. The topological polar surface area (TPSA) is 59.4 Å². The summed E-state index contributed by atoms with van der Waals surface area (Å²) >= 11 is 0. The summed E-state index contributed by atoms with van der Waals surface area (Å²) < 4.78 is 19.8. The van der Waals surface area contributed by atoms with Gasteiger partial charge >= 0.3 is 0 Å². The number of aromatic nitrogens is 2. The van der Waals surface area contributed by atoms with Crippen molar-refractivity contribution in [2.45, 2.75) is 13.0 Å². The lowest BCUT2D eigenvalue weighted by Crippen LogP contribution is -2.46. The van der Waals surface area contributed by atoms with Gasteiger partial charge in [-0.2, -0.15) is 5.10 Å². The number of benzene rings is 1. The van der Waals surface area contributed by atoms with Gasteiger partial charge in [-0.1, -0.05) is 0 Å². The maximum Gasteiger partial charge on any atom is 0.272 e. The second-order valence-corrected chi connectivity index (χ2v) is 5.91. The van der Waals surface area contributed by atoms with Gasteiger partial charge in [0.15, 0.2) is 5.69 Å². The molecule has 1 saturated heterocycles. The van der Waals surface area contributed by atoms with E-state index in [-0.39, 0.29) is 17.8 Å². The van der Waals surface area contributed by atoms with Crippen molar-refractivity contribution in [2.75, 3.05) is 32.8 Å². The van der Waals surface area contributed by atoms with Crippen molar-refractivity contribution < 1.29 is 13.9 Å². The van der Waals surface area contributed by atoms with Gasteiger partial charge in [-0.15, -0.1) is 0 Å². The standard InChI is InChI=1S/C17H21FN4O2/c1-13(12-21-8-10-24-11-9-21)19-17(23)16-6-7-22(20-16)15-4-2-14(18)3-5-15/h2-7,13H,8-12H2,1H3,(H,19,23)/t13-/m0/s1. The Morgan fingerprint density at radius 2 is 2.00 bits per heavy atom. The third kappa shape index (κ3) is 4.18. The van der Waals surface area contributed by atoms with Crippen LogP contribution in [0.25, 0.3) is 5.69 Å². The van der Waals surface area contributed by atoms with E-state index < -0.39 is 0 Å². The Labute approximate surface area is 140 Å². The minimum absolute atomic E-state index is 0.0200. The number of morpholine rings is 1. The van der Waals surface area contributed by atoms with E-state index in [1.165, 1.54) is 12.1 Å². The molecule has 24 heavy (non-hydrogen) atoms. The highest BCUT2D eigenvalue weighted by atomic mass is 19.1. The number of amides is 1. The Bertz CT molecular complexity index is 680. The lowest BCUT2D eigenvalue weighted by atomic mass is 10.2. The zero-order chi connectivity index (χ0) is 16.9. The zero-order valence-corrected chi connectivity index (χ0v) is 13.6. The van der Waals surface area contributed by atoms with Gasteiger partial charge in [0.25, 0.3) is 5.91 Å². The van der Waals surface area contributed by atoms with Crippen molar-refractivity contribution in [1.29, 1.82) is 0 Å². The monoisotopic (exact) mass is 332 g/mol. The molecule has 2 aromatic rings. The molecule has 1 aromatic heterocycles. The molecule has 128 valence electrons. The maximum absolute atomic E-state index is 13.0. The molecule has 0 spiro atoms. The average molecular weight is 332 g/mol. The van der Waals surface area contributed by atoms with Crippen LogP contribution in [0.5, 0.6) is 0 Å². The molecule has 0 unspecified atom stereocenters. The van der Waals surface area contributed by atoms with Crippen LogP contribution in [0.3, 0.4) is 0 Å². The quantitative estimate of drug-likeness (QED) is 0.901. The van der Waals surface area contributed by atoms with Crippen LogP contribution in [0, 0.1) is 5.82 Å². The van der Waals surface area contributed by atoms with E-state index in [0.717, 1.165) is 32.8 Å². The summed E-state index contributed by atoms with van der Waals surface area (Å²) in [5.74, 6) is -0.516. The van der Waals surface area contributed by atoms with Crippen LogP contribution < -0.4 is 5.32 Å². The third-order valence-electron chi connectivity index (χ3n) is 3.93. The van der Waals surface area contributed by atoms with Crippen molar-refractivity contribution in [3.63, 3.8) is 0 Å². The van der Waals surface area contributed by atoms with E-state index in [1.807, 2.05) is 6.92 Å². The summed E-state index contributed by atoms with van der Waals surface area (Å²) in [5, 5.41) is 7.22. The van der Waals surface area contributed by atoms with E-state index >= 15 is 0 Å². The van der Waals surface area contributed by atoms with Crippen molar-refractivity contribution >= 4 is 5.91 Å². The van der Waals surface area contributed by atoms with Crippen molar-refractivity contribution in [3.8, 4) is 5.69 Å². The highest BCUT2D eigenvalue weighted by molar-refractivity contribution is 5.92. The molecule has 1 aliphatic heterocycles. The summed E-state index contributed by atoms with van der Waals surface area (Å²) in [6.45, 7) is 6.02. The number of carbonyl (C=O) groups excluding carboxylic acids is 1. The van der Waals surface area contributed by atoms with Crippen molar-refractivity contribution in [1.82, 2.24) is 20.0 Å². The SMILES string of the molecule is C[C@@H](CN1CCOCC1)NC(=O)c1ccn(-c2ccc(F)cc2)n1. The summed E-state index contributed by atoms with van der Waals surface area (Å²) in [6.07, 6.45) is 1.69. The molecule has 1 N–H and O–H groups in total. The maximum atomic E-state index is 13.0. The van der Waals surface area contributed by atoms with E-state index in [9.17, 15) is 9.18 Å². The van der Waals surface area contributed by atoms with Crippen LogP contribution >= 0.6 is 0 Å². The van der Waals surface area contributed by atoms with Gasteiger partial charge in [0.2, 0.25) is 0 Å². The van der Waals surface area contributed by atoms with E-state index in [2.05, 4.69) is 15.3 Å². The molecule has 3 rings (SSSR count). The first-order chi connectivity index (χ1) is 11.6. The molecule has 0 bridgehead atoms. The van der Waals surface area contributed by atoms with Crippen LogP contribution in [0.4, 0.5) is 4.39 Å². The first-order valence-electron chi connectivity index (χ1n) is 8.04. The smallest absolute Gasteiger partial charge is 0.272 e. The number of carbonyl (C=O) groups is 1. The minimum Gasteiger partial charge on any atom is -0.379 e. The highest BCUT2D eigenvalue weighted by Gasteiger charge is 2.17. The van der Waals surface area contributed by atoms with Gasteiger partial charge in [0.1, 0.15) is 5.82 Å². The van der Waals surface area contributed by atoms with Gasteiger partial charge in [-0.25, -0.2) is 9.07 Å². The Balaban J connectivity index is 1.58. The van der Waals surface area contributed by atoms with Gasteiger partial charge in [-0.05, 0) is 37.3 Å². The molecule has 1 fully saturated rings. The Morgan fingerprint density at radius 3 is 2.71 bits per heavy atom. The minimum atomic E-state index is -0.305. The summed E-state index contributed by atoms with van der Waals surface area (Å²) in [7, 11) is 0. The van der Waals surface area contributed by atoms with Gasteiger partial charge < -0.3 is 10.1 Å². The van der Waals surface area contributed by atoms with Crippen LogP contribution in [-0.2, 0) is 4.74 Å². The number of halogens is 1. The highest BCUT2D eigenvalue weighted by Crippen LogP contribution is 2.09. The normalized spacial score (nSPS) is 16.8. The van der Waals surface area contributed by atoms with Crippen molar-refractivity contribution in [2.24, 2.45) is 0 Å². The number of ether oxygens (including phenoxy) is 1. The van der Waals surface area contributed by atoms with Crippen LogP contribution in [-0.4, -0.2) is 59.5 Å². The summed E-state index contributed by atoms with van der Waals surface area (Å²) in [6, 6.07) is 7.63. The number of hydrogen-bond acceptors (Lipinski definition) is 4. The number of nitrogens with zero attached hydrogens (tertiary/aromatic N) is 3. The predicted octanol–water partition coefficient (Wildman–Crippen LogP) is 1.46.